The van der Waals surface area contributed by atoms with E-state index >= 15 is 0 Å². The maximum atomic E-state index is 12.2. The van der Waals surface area contributed by atoms with Crippen LogP contribution in [-0.2, 0) is 0 Å². The number of unbranched alkanes of at least 4 members (excludes halogenated alkanes) is 1. The van der Waals surface area contributed by atoms with Gasteiger partial charge in [-0.2, -0.15) is 5.10 Å². The highest BCUT2D eigenvalue weighted by atomic mass is 16.2. The minimum absolute atomic E-state index is 0.304. The van der Waals surface area contributed by atoms with Crippen LogP contribution >= 0.6 is 0 Å². The zero-order valence-corrected chi connectivity index (χ0v) is 18.2. The minimum atomic E-state index is -0.304. The van der Waals surface area contributed by atoms with Crippen LogP contribution in [0.5, 0.6) is 0 Å². The Morgan fingerprint density at radius 3 is 2.65 bits per heavy atom. The molecule has 0 radical (unpaired) electrons. The van der Waals surface area contributed by atoms with Gasteiger partial charge in [0.1, 0.15) is 12.7 Å². The monoisotopic (exact) mass is 418 g/mol. The van der Waals surface area contributed by atoms with Crippen LogP contribution in [0, 0.1) is 20.8 Å². The predicted octanol–water partition coefficient (Wildman–Crippen LogP) is 3.85. The number of benzene rings is 1. The summed E-state index contributed by atoms with van der Waals surface area (Å²) in [7, 11) is 0. The Morgan fingerprint density at radius 2 is 1.90 bits per heavy atom. The van der Waals surface area contributed by atoms with Crippen molar-refractivity contribution in [3.63, 3.8) is 0 Å². The summed E-state index contributed by atoms with van der Waals surface area (Å²) in [5.74, 6) is 0.373. The first-order valence-electron chi connectivity index (χ1n) is 10.4. The number of amides is 2. The molecule has 0 saturated heterocycles. The number of imidazole rings is 1. The summed E-state index contributed by atoms with van der Waals surface area (Å²) in [5, 5.41) is 10.3. The average molecular weight is 419 g/mol. The zero-order valence-electron chi connectivity index (χ0n) is 18.2. The van der Waals surface area contributed by atoms with E-state index in [0.29, 0.717) is 23.5 Å². The van der Waals surface area contributed by atoms with E-state index in [2.05, 4.69) is 43.7 Å². The zero-order chi connectivity index (χ0) is 22.0. The Kier molecular flexibility index (Phi) is 5.66. The molecule has 160 valence electrons. The number of nitrogens with zero attached hydrogens (tertiary/aromatic N) is 6. The largest absolute Gasteiger partial charge is 0.338 e. The van der Waals surface area contributed by atoms with Crippen molar-refractivity contribution in [3.05, 3.63) is 53.9 Å². The minimum Gasteiger partial charge on any atom is -0.338 e. The van der Waals surface area contributed by atoms with Crippen LogP contribution in [0.3, 0.4) is 0 Å². The molecule has 0 aliphatic carbocycles. The Bertz CT molecular complexity index is 1240. The molecule has 1 aromatic carbocycles. The number of anilines is 1. The summed E-state index contributed by atoms with van der Waals surface area (Å²) < 4.78 is 3.81. The normalized spacial score (nSPS) is 11.1. The van der Waals surface area contributed by atoms with Gasteiger partial charge >= 0.3 is 6.03 Å². The Balaban J connectivity index is 1.75. The maximum absolute atomic E-state index is 12.2. The number of fused-ring (bicyclic) bond motifs is 1. The molecule has 0 saturated carbocycles. The van der Waals surface area contributed by atoms with E-state index in [1.54, 1.807) is 6.33 Å². The number of urea groups is 1. The van der Waals surface area contributed by atoms with Crippen molar-refractivity contribution in [2.75, 3.05) is 11.9 Å². The van der Waals surface area contributed by atoms with Gasteiger partial charge in [-0.25, -0.2) is 24.4 Å². The molecule has 31 heavy (non-hydrogen) atoms. The lowest BCUT2D eigenvalue weighted by atomic mass is 10.2. The van der Waals surface area contributed by atoms with Crippen LogP contribution in [0.2, 0.25) is 0 Å². The molecule has 4 rings (SSSR count). The van der Waals surface area contributed by atoms with Crippen molar-refractivity contribution < 1.29 is 4.79 Å². The van der Waals surface area contributed by atoms with E-state index in [-0.39, 0.29) is 6.03 Å². The van der Waals surface area contributed by atoms with Gasteiger partial charge in [0.05, 0.1) is 17.1 Å². The van der Waals surface area contributed by atoms with Gasteiger partial charge in [0.2, 0.25) is 0 Å². The molecule has 0 fully saturated rings. The summed E-state index contributed by atoms with van der Waals surface area (Å²) in [6.45, 7) is 8.74. The van der Waals surface area contributed by atoms with Crippen LogP contribution in [-0.4, -0.2) is 41.9 Å². The van der Waals surface area contributed by atoms with Gasteiger partial charge in [-0.1, -0.05) is 19.4 Å². The third-order valence-electron chi connectivity index (χ3n) is 5.01. The van der Waals surface area contributed by atoms with E-state index < -0.39 is 0 Å². The first-order valence-corrected chi connectivity index (χ1v) is 10.4. The SMILES string of the molecule is CCCCNC(=O)Nc1ncnc2c1ncn2-c1ccc(C)cc1-n1nc(C)cc1C. The lowest BCUT2D eigenvalue weighted by molar-refractivity contribution is 0.252. The maximum Gasteiger partial charge on any atom is 0.320 e. The highest BCUT2D eigenvalue weighted by molar-refractivity contribution is 5.96. The number of aromatic nitrogens is 6. The van der Waals surface area contributed by atoms with Gasteiger partial charge in [-0.15, -0.1) is 0 Å². The quantitative estimate of drug-likeness (QED) is 0.463. The number of aryl methyl sites for hydroxylation is 3. The topological polar surface area (TPSA) is 103 Å². The molecule has 0 aliphatic rings. The van der Waals surface area contributed by atoms with Gasteiger partial charge in [-0.05, 0) is 51.0 Å². The fourth-order valence-electron chi connectivity index (χ4n) is 3.51. The third-order valence-corrected chi connectivity index (χ3v) is 5.01. The molecule has 0 bridgehead atoms. The lowest BCUT2D eigenvalue weighted by Crippen LogP contribution is -2.29. The van der Waals surface area contributed by atoms with Crippen molar-refractivity contribution in [2.45, 2.75) is 40.5 Å². The molecular weight excluding hydrogens is 392 g/mol. The fourth-order valence-corrected chi connectivity index (χ4v) is 3.51. The van der Waals surface area contributed by atoms with Gasteiger partial charge in [0.15, 0.2) is 17.0 Å². The number of carbonyl (C=O) groups excluding carboxylic acids is 1. The standard InChI is InChI=1S/C22H26N8O/c1-5-6-9-23-22(31)27-20-19-21(25-12-24-20)29(13-26-19)17-8-7-14(2)10-18(17)30-16(4)11-15(3)28-30/h7-8,10-13H,5-6,9H2,1-4H3,(H2,23,24,25,27,31). The van der Waals surface area contributed by atoms with Crippen LogP contribution in [0.1, 0.15) is 36.7 Å². The van der Waals surface area contributed by atoms with Crippen LogP contribution in [0.15, 0.2) is 36.9 Å². The molecular formula is C22H26N8O. The van der Waals surface area contributed by atoms with E-state index in [1.807, 2.05) is 48.2 Å². The molecule has 9 heteroatoms. The molecule has 0 atom stereocenters. The molecule has 0 unspecified atom stereocenters. The van der Waals surface area contributed by atoms with Crippen molar-refractivity contribution in [2.24, 2.45) is 0 Å². The van der Waals surface area contributed by atoms with Crippen LogP contribution in [0.4, 0.5) is 10.6 Å². The number of hydrogen-bond donors (Lipinski definition) is 2. The van der Waals surface area contributed by atoms with E-state index in [1.165, 1.54) is 6.33 Å². The Morgan fingerprint density at radius 1 is 1.06 bits per heavy atom. The summed E-state index contributed by atoms with van der Waals surface area (Å²) in [4.78, 5) is 25.3. The second-order valence-corrected chi connectivity index (χ2v) is 7.57. The third kappa shape index (κ3) is 4.11. The molecule has 0 spiro atoms. The first kappa shape index (κ1) is 20.5. The first-order chi connectivity index (χ1) is 15.0. The highest BCUT2D eigenvalue weighted by Gasteiger charge is 2.17. The van der Waals surface area contributed by atoms with E-state index in [9.17, 15) is 4.79 Å². The molecule has 3 heterocycles. The van der Waals surface area contributed by atoms with E-state index in [4.69, 9.17) is 0 Å². The Labute approximate surface area is 180 Å². The number of hydrogen-bond acceptors (Lipinski definition) is 5. The van der Waals surface area contributed by atoms with Crippen LogP contribution in [0.25, 0.3) is 22.5 Å². The number of carbonyl (C=O) groups is 1. The molecule has 2 N–H and O–H groups in total. The highest BCUT2D eigenvalue weighted by Crippen LogP contribution is 2.26. The summed E-state index contributed by atoms with van der Waals surface area (Å²) in [5.41, 5.74) is 6.04. The van der Waals surface area contributed by atoms with Gasteiger partial charge < -0.3 is 5.32 Å². The van der Waals surface area contributed by atoms with Crippen molar-refractivity contribution in [1.82, 2.24) is 34.6 Å². The van der Waals surface area contributed by atoms with Crippen molar-refractivity contribution in [3.8, 4) is 11.4 Å². The van der Waals surface area contributed by atoms with Gasteiger partial charge in [0.25, 0.3) is 0 Å². The molecule has 0 aliphatic heterocycles. The molecule has 9 nitrogen and oxygen atoms in total. The second kappa shape index (κ2) is 8.55. The second-order valence-electron chi connectivity index (χ2n) is 7.57. The summed E-state index contributed by atoms with van der Waals surface area (Å²) in [6.07, 6.45) is 5.05. The predicted molar refractivity (Wildman–Crippen MR) is 120 cm³/mol. The molecule has 3 aromatic heterocycles. The van der Waals surface area contributed by atoms with Crippen molar-refractivity contribution in [1.29, 1.82) is 0 Å². The summed E-state index contributed by atoms with van der Waals surface area (Å²) in [6, 6.07) is 7.88. The lowest BCUT2D eigenvalue weighted by Gasteiger charge is -2.13. The smallest absolute Gasteiger partial charge is 0.320 e. The van der Waals surface area contributed by atoms with Gasteiger partial charge in [-0.3, -0.25) is 9.88 Å². The van der Waals surface area contributed by atoms with E-state index in [0.717, 1.165) is 41.2 Å². The average Bonchev–Trinajstić information content (AvgIpc) is 3.31. The number of rotatable bonds is 6. The molecule has 4 aromatic rings. The summed E-state index contributed by atoms with van der Waals surface area (Å²) >= 11 is 0. The molecule has 2 amide bonds. The van der Waals surface area contributed by atoms with Crippen molar-refractivity contribution >= 4 is 23.0 Å². The number of nitrogens with one attached hydrogen (secondary N) is 2. The van der Waals surface area contributed by atoms with Crippen LogP contribution < -0.4 is 10.6 Å². The van der Waals surface area contributed by atoms with Gasteiger partial charge in [0, 0.05) is 12.2 Å². The Hall–Kier alpha value is -3.75. The fraction of sp³-hybridized carbons (Fsp3) is 0.318.